The fourth-order valence-electron chi connectivity index (χ4n) is 2.72. The molecule has 0 aliphatic carbocycles. The first kappa shape index (κ1) is 25.7. The zero-order chi connectivity index (χ0) is 23.3. The standard InChI is InChI=1S/C21H16BrCl3F3NO2/c1-29-19(31)7-6-18(30)13-4-2-11(8-15(13)22)3-5-14(21(26,27)28)12-9-16(23)20(25)17(24)10-12/h2-5,8-10,14H,6-7H2,1H3,(H,29,31)/b5-3+. The Hall–Kier alpha value is -1.54. The molecule has 1 atom stereocenters. The lowest BCUT2D eigenvalue weighted by atomic mass is 9.96. The molecule has 2 aromatic carbocycles. The van der Waals surface area contributed by atoms with Gasteiger partial charge in [0.2, 0.25) is 5.91 Å². The van der Waals surface area contributed by atoms with Gasteiger partial charge in [-0.05, 0) is 35.4 Å². The average molecular weight is 558 g/mol. The highest BCUT2D eigenvalue weighted by Crippen LogP contribution is 2.41. The van der Waals surface area contributed by atoms with E-state index in [-0.39, 0.29) is 45.2 Å². The van der Waals surface area contributed by atoms with Gasteiger partial charge in [-0.25, -0.2) is 0 Å². The van der Waals surface area contributed by atoms with E-state index < -0.39 is 12.1 Å². The molecule has 0 spiro atoms. The molecular weight excluding hydrogens is 541 g/mol. The zero-order valence-electron chi connectivity index (χ0n) is 16.0. The molecule has 31 heavy (non-hydrogen) atoms. The molecule has 166 valence electrons. The minimum atomic E-state index is -4.59. The largest absolute Gasteiger partial charge is 0.399 e. The normalized spacial score (nSPS) is 12.8. The monoisotopic (exact) mass is 555 g/mol. The molecule has 2 rings (SSSR count). The summed E-state index contributed by atoms with van der Waals surface area (Å²) >= 11 is 20.9. The molecule has 0 heterocycles. The number of alkyl halides is 3. The predicted octanol–water partition coefficient (Wildman–Crippen LogP) is 7.48. The third-order valence-corrected chi connectivity index (χ3v) is 6.20. The molecule has 0 aromatic heterocycles. The van der Waals surface area contributed by atoms with E-state index in [0.29, 0.717) is 15.6 Å². The molecule has 1 N–H and O–H groups in total. The van der Waals surface area contributed by atoms with Gasteiger partial charge < -0.3 is 5.32 Å². The highest BCUT2D eigenvalue weighted by molar-refractivity contribution is 9.10. The van der Waals surface area contributed by atoms with Crippen LogP contribution in [0.15, 0.2) is 40.9 Å². The van der Waals surface area contributed by atoms with Gasteiger partial charge in [0.1, 0.15) is 0 Å². The summed E-state index contributed by atoms with van der Waals surface area (Å²) in [6, 6.07) is 6.79. The zero-order valence-corrected chi connectivity index (χ0v) is 19.8. The van der Waals surface area contributed by atoms with Crippen LogP contribution in [0, 0.1) is 0 Å². The van der Waals surface area contributed by atoms with Crippen molar-refractivity contribution in [2.45, 2.75) is 24.9 Å². The Kier molecular flexibility index (Phi) is 9.01. The van der Waals surface area contributed by atoms with Crippen molar-refractivity contribution < 1.29 is 22.8 Å². The summed E-state index contributed by atoms with van der Waals surface area (Å²) in [5.74, 6) is -2.48. The molecule has 0 fully saturated rings. The van der Waals surface area contributed by atoms with E-state index in [1.165, 1.54) is 31.3 Å². The summed E-state index contributed by atoms with van der Waals surface area (Å²) in [6.45, 7) is 0. The van der Waals surface area contributed by atoms with E-state index >= 15 is 0 Å². The number of rotatable bonds is 7. The summed E-state index contributed by atoms with van der Waals surface area (Å²) in [4.78, 5) is 23.6. The van der Waals surface area contributed by atoms with Crippen molar-refractivity contribution in [2.75, 3.05) is 7.05 Å². The number of ketones is 1. The minimum absolute atomic E-state index is 0.0156. The van der Waals surface area contributed by atoms with Crippen molar-refractivity contribution in [3.05, 3.63) is 72.6 Å². The van der Waals surface area contributed by atoms with Crippen LogP contribution < -0.4 is 5.32 Å². The maximum Gasteiger partial charge on any atom is 0.399 e. The molecule has 10 heteroatoms. The van der Waals surface area contributed by atoms with Crippen molar-refractivity contribution in [1.82, 2.24) is 5.32 Å². The molecule has 1 amide bonds. The van der Waals surface area contributed by atoms with Crippen molar-refractivity contribution in [3.63, 3.8) is 0 Å². The molecule has 0 saturated carbocycles. The van der Waals surface area contributed by atoms with Crippen LogP contribution in [-0.4, -0.2) is 24.9 Å². The number of allylic oxidation sites excluding steroid dienone is 1. The van der Waals surface area contributed by atoms with Crippen molar-refractivity contribution in [3.8, 4) is 0 Å². The third kappa shape index (κ3) is 6.97. The molecule has 1 unspecified atom stereocenters. The third-order valence-electron chi connectivity index (χ3n) is 4.35. The Labute approximate surface area is 200 Å². The Morgan fingerprint density at radius 3 is 2.23 bits per heavy atom. The number of hydrogen-bond acceptors (Lipinski definition) is 2. The number of Topliss-reactive ketones (excluding diaryl/α,β-unsaturated/α-hetero) is 1. The Balaban J connectivity index is 2.28. The molecule has 0 bridgehead atoms. The van der Waals surface area contributed by atoms with Gasteiger partial charge >= 0.3 is 6.18 Å². The van der Waals surface area contributed by atoms with Gasteiger partial charge in [0.15, 0.2) is 5.78 Å². The second-order valence-corrected chi connectivity index (χ2v) is 8.56. The lowest BCUT2D eigenvalue weighted by Crippen LogP contribution is -2.19. The SMILES string of the molecule is CNC(=O)CCC(=O)c1ccc(/C=C/C(c2cc(Cl)c(Cl)c(Cl)c2)C(F)(F)F)cc1Br. The molecule has 0 radical (unpaired) electrons. The van der Waals surface area contributed by atoms with Crippen LogP contribution in [-0.2, 0) is 4.79 Å². The smallest absolute Gasteiger partial charge is 0.359 e. The van der Waals surface area contributed by atoms with Gasteiger partial charge in [0.05, 0.1) is 21.0 Å². The van der Waals surface area contributed by atoms with E-state index in [4.69, 9.17) is 34.8 Å². The minimum Gasteiger partial charge on any atom is -0.359 e. The van der Waals surface area contributed by atoms with Gasteiger partial charge in [-0.2, -0.15) is 13.2 Å². The summed E-state index contributed by atoms with van der Waals surface area (Å²) in [6.07, 6.45) is -2.27. The van der Waals surface area contributed by atoms with Crippen LogP contribution in [0.3, 0.4) is 0 Å². The molecule has 0 aliphatic heterocycles. The number of halogens is 7. The highest BCUT2D eigenvalue weighted by atomic mass is 79.9. The predicted molar refractivity (Wildman–Crippen MR) is 121 cm³/mol. The second kappa shape index (κ2) is 10.9. The summed E-state index contributed by atoms with van der Waals surface area (Å²) in [5, 5.41) is 2.26. The van der Waals surface area contributed by atoms with Crippen LogP contribution >= 0.6 is 50.7 Å². The highest BCUT2D eigenvalue weighted by Gasteiger charge is 2.39. The molecule has 3 nitrogen and oxygen atoms in total. The van der Waals surface area contributed by atoms with Gasteiger partial charge in [0.25, 0.3) is 0 Å². The fourth-order valence-corrected chi connectivity index (χ4v) is 3.95. The van der Waals surface area contributed by atoms with Crippen LogP contribution in [0.2, 0.25) is 15.1 Å². The van der Waals surface area contributed by atoms with E-state index in [9.17, 15) is 22.8 Å². The Morgan fingerprint density at radius 1 is 1.10 bits per heavy atom. The van der Waals surface area contributed by atoms with Crippen LogP contribution in [0.1, 0.15) is 40.2 Å². The molecule has 2 aromatic rings. The number of benzene rings is 2. The fraction of sp³-hybridized carbons (Fsp3) is 0.238. The van der Waals surface area contributed by atoms with E-state index in [1.54, 1.807) is 0 Å². The number of hydrogen-bond donors (Lipinski definition) is 1. The number of amides is 1. The van der Waals surface area contributed by atoms with Gasteiger partial charge in [-0.15, -0.1) is 0 Å². The Bertz CT molecular complexity index is 1000. The lowest BCUT2D eigenvalue weighted by molar-refractivity contribution is -0.139. The number of nitrogens with one attached hydrogen (secondary N) is 1. The van der Waals surface area contributed by atoms with Gasteiger partial charge in [-0.3, -0.25) is 9.59 Å². The average Bonchev–Trinajstić information content (AvgIpc) is 2.69. The van der Waals surface area contributed by atoms with Gasteiger partial charge in [0, 0.05) is 29.9 Å². The van der Waals surface area contributed by atoms with Gasteiger partial charge in [-0.1, -0.05) is 69.0 Å². The molecule has 0 saturated heterocycles. The summed E-state index contributed by atoms with van der Waals surface area (Å²) in [7, 11) is 1.48. The second-order valence-electron chi connectivity index (χ2n) is 6.51. The van der Waals surface area contributed by atoms with E-state index in [2.05, 4.69) is 21.2 Å². The topological polar surface area (TPSA) is 46.2 Å². The first-order valence-electron chi connectivity index (χ1n) is 8.86. The van der Waals surface area contributed by atoms with E-state index in [1.807, 2.05) is 0 Å². The van der Waals surface area contributed by atoms with Crippen molar-refractivity contribution in [1.29, 1.82) is 0 Å². The van der Waals surface area contributed by atoms with Crippen molar-refractivity contribution >= 4 is 68.5 Å². The van der Waals surface area contributed by atoms with E-state index in [0.717, 1.165) is 18.2 Å². The molecule has 0 aliphatic rings. The number of carbonyl (C=O) groups is 2. The van der Waals surface area contributed by atoms with Crippen LogP contribution in [0.25, 0.3) is 6.08 Å². The first-order chi connectivity index (χ1) is 14.4. The summed E-state index contributed by atoms with van der Waals surface area (Å²) < 4.78 is 41.3. The lowest BCUT2D eigenvalue weighted by Gasteiger charge is -2.18. The first-order valence-corrected chi connectivity index (χ1v) is 10.8. The Morgan fingerprint density at radius 2 is 1.71 bits per heavy atom. The maximum atomic E-state index is 13.6. The van der Waals surface area contributed by atoms with Crippen LogP contribution in [0.5, 0.6) is 0 Å². The summed E-state index contributed by atoms with van der Waals surface area (Å²) in [5.41, 5.74) is 0.628. The maximum absolute atomic E-state index is 13.6. The van der Waals surface area contributed by atoms with Crippen LogP contribution in [0.4, 0.5) is 13.2 Å². The quantitative estimate of drug-likeness (QED) is 0.284. The molecular formula is C21H16BrCl3F3NO2. The van der Waals surface area contributed by atoms with Crippen molar-refractivity contribution in [2.24, 2.45) is 0 Å². The number of carbonyl (C=O) groups excluding carboxylic acids is 2.